The summed E-state index contributed by atoms with van der Waals surface area (Å²) < 4.78 is 0. The number of hydrogen-bond donors (Lipinski definition) is 0. The molecule has 0 spiro atoms. The molecule has 112 valence electrons. The third kappa shape index (κ3) is 3.35. The van der Waals surface area contributed by atoms with Gasteiger partial charge in [-0.1, -0.05) is 48.9 Å². The average Bonchev–Trinajstić information content (AvgIpc) is 2.67. The number of hydrogen-bond acceptors (Lipinski definition) is 2. The molecule has 2 fully saturated rings. The second kappa shape index (κ2) is 6.44. The van der Waals surface area contributed by atoms with Crippen LogP contribution in [0.2, 0.25) is 0 Å². The standard InChI is InChI=1S/C18H24N2O/c1-19-17-11-5-10-16(18(19)21)13-20(14-17)12-6-9-15-7-3-2-4-8-15/h2-4,6-9,16-17H,5,10-14H2,1H3/t16-,17+/m1/s1. The number of likely N-dealkylation sites (tertiary alicyclic amines) is 1. The summed E-state index contributed by atoms with van der Waals surface area (Å²) in [5, 5.41) is 0. The lowest BCUT2D eigenvalue weighted by atomic mass is 9.99. The van der Waals surface area contributed by atoms with Crippen molar-refractivity contribution in [1.29, 1.82) is 0 Å². The van der Waals surface area contributed by atoms with Gasteiger partial charge in [-0.2, -0.15) is 0 Å². The fourth-order valence-electron chi connectivity index (χ4n) is 3.50. The van der Waals surface area contributed by atoms with Crippen molar-refractivity contribution in [3.63, 3.8) is 0 Å². The summed E-state index contributed by atoms with van der Waals surface area (Å²) in [5.74, 6) is 0.555. The lowest BCUT2D eigenvalue weighted by Crippen LogP contribution is -2.40. The van der Waals surface area contributed by atoms with E-state index in [-0.39, 0.29) is 5.92 Å². The van der Waals surface area contributed by atoms with Gasteiger partial charge in [0.1, 0.15) is 0 Å². The van der Waals surface area contributed by atoms with E-state index in [4.69, 9.17) is 0 Å². The van der Waals surface area contributed by atoms with Crippen molar-refractivity contribution in [2.75, 3.05) is 26.7 Å². The molecule has 2 bridgehead atoms. The molecule has 0 aromatic heterocycles. The molecule has 0 unspecified atom stereocenters. The van der Waals surface area contributed by atoms with E-state index in [0.717, 1.165) is 32.5 Å². The van der Waals surface area contributed by atoms with E-state index >= 15 is 0 Å². The maximum absolute atomic E-state index is 12.3. The lowest BCUT2D eigenvalue weighted by molar-refractivity contribution is -0.134. The highest BCUT2D eigenvalue weighted by atomic mass is 16.2. The van der Waals surface area contributed by atoms with Gasteiger partial charge < -0.3 is 4.90 Å². The van der Waals surface area contributed by atoms with Crippen molar-refractivity contribution in [2.24, 2.45) is 5.92 Å². The van der Waals surface area contributed by atoms with E-state index < -0.39 is 0 Å². The first-order chi connectivity index (χ1) is 10.2. The van der Waals surface area contributed by atoms with Gasteiger partial charge in [-0.05, 0) is 18.4 Å². The average molecular weight is 284 g/mol. The van der Waals surface area contributed by atoms with Crippen LogP contribution in [0.15, 0.2) is 36.4 Å². The van der Waals surface area contributed by atoms with Crippen LogP contribution in [0.4, 0.5) is 0 Å². The molecule has 1 amide bonds. The Bertz CT molecular complexity index is 511. The van der Waals surface area contributed by atoms with Crippen LogP contribution < -0.4 is 0 Å². The minimum absolute atomic E-state index is 0.202. The van der Waals surface area contributed by atoms with Gasteiger partial charge in [0.2, 0.25) is 5.91 Å². The first-order valence-electron chi connectivity index (χ1n) is 7.94. The van der Waals surface area contributed by atoms with Gasteiger partial charge in [-0.25, -0.2) is 0 Å². The third-order valence-electron chi connectivity index (χ3n) is 4.76. The summed E-state index contributed by atoms with van der Waals surface area (Å²) in [4.78, 5) is 16.8. The largest absolute Gasteiger partial charge is 0.341 e. The SMILES string of the molecule is CN1C(=O)[C@@H]2CCC[C@H]1CN(CC=Cc1ccccc1)C2. The number of carbonyl (C=O) groups is 1. The van der Waals surface area contributed by atoms with Gasteiger partial charge >= 0.3 is 0 Å². The van der Waals surface area contributed by atoms with Crippen LogP contribution >= 0.6 is 0 Å². The van der Waals surface area contributed by atoms with Gasteiger partial charge in [0.15, 0.2) is 0 Å². The van der Waals surface area contributed by atoms with Crippen LogP contribution in [-0.2, 0) is 4.79 Å². The quantitative estimate of drug-likeness (QED) is 0.852. The molecular weight excluding hydrogens is 260 g/mol. The number of rotatable bonds is 3. The zero-order chi connectivity index (χ0) is 14.7. The maximum atomic E-state index is 12.3. The summed E-state index contributed by atoms with van der Waals surface area (Å²) in [6, 6.07) is 10.8. The summed E-state index contributed by atoms with van der Waals surface area (Å²) in [5.41, 5.74) is 1.24. The smallest absolute Gasteiger partial charge is 0.227 e. The minimum Gasteiger partial charge on any atom is -0.341 e. The summed E-state index contributed by atoms with van der Waals surface area (Å²) in [7, 11) is 1.98. The molecule has 2 aliphatic heterocycles. The number of amides is 1. The van der Waals surface area contributed by atoms with E-state index in [2.05, 4.69) is 41.3 Å². The monoisotopic (exact) mass is 284 g/mol. The van der Waals surface area contributed by atoms with E-state index in [1.165, 1.54) is 12.0 Å². The predicted octanol–water partition coefficient (Wildman–Crippen LogP) is 2.64. The Labute approximate surface area is 127 Å². The Morgan fingerprint density at radius 3 is 2.81 bits per heavy atom. The van der Waals surface area contributed by atoms with Crippen molar-refractivity contribution in [1.82, 2.24) is 9.80 Å². The molecule has 2 saturated heterocycles. The van der Waals surface area contributed by atoms with Crippen LogP contribution in [0.25, 0.3) is 6.08 Å². The molecule has 0 radical (unpaired) electrons. The normalized spacial score (nSPS) is 27.1. The van der Waals surface area contributed by atoms with Crippen molar-refractivity contribution in [3.05, 3.63) is 42.0 Å². The molecule has 0 saturated carbocycles. The molecular formula is C18H24N2O. The molecule has 1 aromatic carbocycles. The Morgan fingerprint density at radius 2 is 2.00 bits per heavy atom. The van der Waals surface area contributed by atoms with E-state index in [1.807, 2.05) is 18.0 Å². The topological polar surface area (TPSA) is 23.6 Å². The minimum atomic E-state index is 0.202. The summed E-state index contributed by atoms with van der Waals surface area (Å²) >= 11 is 0. The van der Waals surface area contributed by atoms with Gasteiger partial charge in [0.25, 0.3) is 0 Å². The van der Waals surface area contributed by atoms with Crippen LogP contribution in [0.5, 0.6) is 0 Å². The molecule has 0 aliphatic carbocycles. The second-order valence-electron chi connectivity index (χ2n) is 6.26. The summed E-state index contributed by atoms with van der Waals surface area (Å²) in [6.07, 6.45) is 7.79. The second-order valence-corrected chi connectivity index (χ2v) is 6.26. The molecule has 0 N–H and O–H groups in total. The molecule has 2 heterocycles. The Morgan fingerprint density at radius 1 is 1.19 bits per heavy atom. The highest BCUT2D eigenvalue weighted by molar-refractivity contribution is 5.79. The van der Waals surface area contributed by atoms with Crippen LogP contribution in [-0.4, -0.2) is 48.4 Å². The van der Waals surface area contributed by atoms with E-state index in [9.17, 15) is 4.79 Å². The Kier molecular flexibility index (Phi) is 4.39. The summed E-state index contributed by atoms with van der Waals surface area (Å²) in [6.45, 7) is 2.86. The van der Waals surface area contributed by atoms with Crippen LogP contribution in [0.1, 0.15) is 24.8 Å². The number of benzene rings is 1. The molecule has 21 heavy (non-hydrogen) atoms. The van der Waals surface area contributed by atoms with Crippen molar-refractivity contribution in [2.45, 2.75) is 25.3 Å². The Hall–Kier alpha value is -1.61. The highest BCUT2D eigenvalue weighted by Gasteiger charge is 2.35. The third-order valence-corrected chi connectivity index (χ3v) is 4.76. The maximum Gasteiger partial charge on any atom is 0.227 e. The van der Waals surface area contributed by atoms with Crippen molar-refractivity contribution in [3.8, 4) is 0 Å². The Balaban J connectivity index is 1.64. The van der Waals surface area contributed by atoms with Gasteiger partial charge in [0, 0.05) is 32.7 Å². The van der Waals surface area contributed by atoms with Gasteiger partial charge in [-0.15, -0.1) is 0 Å². The lowest BCUT2D eigenvalue weighted by Gasteiger charge is -2.28. The van der Waals surface area contributed by atoms with Crippen LogP contribution in [0.3, 0.4) is 0 Å². The molecule has 3 rings (SSSR count). The number of nitrogens with zero attached hydrogens (tertiary/aromatic N) is 2. The van der Waals surface area contributed by atoms with Crippen molar-refractivity contribution >= 4 is 12.0 Å². The van der Waals surface area contributed by atoms with Crippen LogP contribution in [0, 0.1) is 5.92 Å². The molecule has 3 nitrogen and oxygen atoms in total. The number of carbonyl (C=O) groups excluding carboxylic acids is 1. The molecule has 2 aliphatic rings. The zero-order valence-electron chi connectivity index (χ0n) is 12.7. The van der Waals surface area contributed by atoms with E-state index in [1.54, 1.807) is 0 Å². The fraction of sp³-hybridized carbons (Fsp3) is 0.500. The van der Waals surface area contributed by atoms with E-state index in [0.29, 0.717) is 11.9 Å². The molecule has 2 atom stereocenters. The zero-order valence-corrected chi connectivity index (χ0v) is 12.7. The first kappa shape index (κ1) is 14.3. The van der Waals surface area contributed by atoms with Crippen molar-refractivity contribution < 1.29 is 4.79 Å². The first-order valence-corrected chi connectivity index (χ1v) is 7.94. The number of fused-ring (bicyclic) bond motifs is 3. The molecule has 3 heteroatoms. The predicted molar refractivity (Wildman–Crippen MR) is 85.8 cm³/mol. The highest BCUT2D eigenvalue weighted by Crippen LogP contribution is 2.26. The number of likely N-dealkylation sites (N-methyl/N-ethyl adjacent to an activating group) is 1. The molecule has 1 aromatic rings. The van der Waals surface area contributed by atoms with Gasteiger partial charge in [-0.3, -0.25) is 9.69 Å². The fourth-order valence-corrected chi connectivity index (χ4v) is 3.50. The van der Waals surface area contributed by atoms with Gasteiger partial charge in [0.05, 0.1) is 5.92 Å².